The number of Topliss-reactive ketones (excluding diaryl/α,β-unsaturated/α-hetero) is 1. The first-order valence-corrected chi connectivity index (χ1v) is 9.57. The van der Waals surface area contributed by atoms with Crippen molar-refractivity contribution >= 4 is 11.9 Å². The van der Waals surface area contributed by atoms with Crippen LogP contribution >= 0.6 is 0 Å². The molecule has 1 heterocycles. The van der Waals surface area contributed by atoms with Crippen molar-refractivity contribution in [2.24, 2.45) is 5.41 Å². The molecule has 1 aliphatic rings. The molecule has 0 N–H and O–H groups in total. The quantitative estimate of drug-likeness (QED) is 0.736. The molecule has 6 nitrogen and oxygen atoms in total. The monoisotopic (exact) mass is 397 g/mol. The third kappa shape index (κ3) is 4.21. The number of benzene rings is 2. The third-order valence-corrected chi connectivity index (χ3v) is 5.76. The Hall–Kier alpha value is -3.02. The second-order valence-corrected chi connectivity index (χ2v) is 7.56. The van der Waals surface area contributed by atoms with Crippen LogP contribution in [0.1, 0.15) is 30.9 Å². The molecule has 0 spiro atoms. The smallest absolute Gasteiger partial charge is 0.409 e. The Labute approximate surface area is 171 Å². The predicted octanol–water partition coefficient (Wildman–Crippen LogP) is 4.04. The van der Waals surface area contributed by atoms with Crippen molar-refractivity contribution < 1.29 is 23.8 Å². The summed E-state index contributed by atoms with van der Waals surface area (Å²) in [4.78, 5) is 26.2. The molecule has 0 aliphatic carbocycles. The number of rotatable bonds is 6. The maximum atomic E-state index is 12.5. The molecular formula is C23H27NO5. The summed E-state index contributed by atoms with van der Waals surface area (Å²) in [7, 11) is 2.95. The van der Waals surface area contributed by atoms with E-state index in [0.29, 0.717) is 31.2 Å². The lowest BCUT2D eigenvalue weighted by atomic mass is 9.73. The molecular weight excluding hydrogens is 370 g/mol. The Bertz CT molecular complexity index is 882. The highest BCUT2D eigenvalue weighted by atomic mass is 16.5. The van der Waals surface area contributed by atoms with Crippen molar-refractivity contribution in [1.82, 2.24) is 4.90 Å². The first kappa shape index (κ1) is 20.7. The van der Waals surface area contributed by atoms with Gasteiger partial charge >= 0.3 is 6.09 Å². The molecule has 0 bridgehead atoms. The van der Waals surface area contributed by atoms with Crippen LogP contribution in [0, 0.1) is 5.41 Å². The number of ketones is 1. The number of carbonyl (C=O) groups is 2. The van der Waals surface area contributed by atoms with Crippen molar-refractivity contribution in [3.8, 4) is 11.5 Å². The van der Waals surface area contributed by atoms with Crippen LogP contribution in [-0.4, -0.2) is 44.1 Å². The molecule has 0 unspecified atom stereocenters. The number of ether oxygens (including phenoxy) is 3. The summed E-state index contributed by atoms with van der Waals surface area (Å²) in [6.07, 6.45) is -0.422. The number of nitrogens with zero attached hydrogens (tertiary/aromatic N) is 1. The van der Waals surface area contributed by atoms with Crippen LogP contribution in [0.3, 0.4) is 0 Å². The number of methoxy groups -OCH3 is 2. The van der Waals surface area contributed by atoms with Crippen LogP contribution in [0.25, 0.3) is 0 Å². The van der Waals surface area contributed by atoms with Gasteiger partial charge in [0.25, 0.3) is 0 Å². The molecule has 2 aromatic rings. The van der Waals surface area contributed by atoms with E-state index >= 15 is 0 Å². The van der Waals surface area contributed by atoms with Gasteiger partial charge in [0.1, 0.15) is 12.4 Å². The van der Waals surface area contributed by atoms with Gasteiger partial charge in [-0.15, -0.1) is 0 Å². The predicted molar refractivity (Wildman–Crippen MR) is 109 cm³/mol. The average molecular weight is 397 g/mol. The van der Waals surface area contributed by atoms with Crippen molar-refractivity contribution in [3.05, 3.63) is 59.7 Å². The Kier molecular flexibility index (Phi) is 6.11. The molecule has 0 radical (unpaired) electrons. The zero-order valence-corrected chi connectivity index (χ0v) is 17.3. The van der Waals surface area contributed by atoms with Gasteiger partial charge in [0.05, 0.1) is 19.6 Å². The fraction of sp³-hybridized carbons (Fsp3) is 0.391. The van der Waals surface area contributed by atoms with Gasteiger partial charge in [0, 0.05) is 19.0 Å². The van der Waals surface area contributed by atoms with Gasteiger partial charge in [-0.05, 0) is 30.2 Å². The van der Waals surface area contributed by atoms with Gasteiger partial charge in [-0.1, -0.05) is 43.3 Å². The van der Waals surface area contributed by atoms with Crippen LogP contribution in [0.15, 0.2) is 48.5 Å². The van der Waals surface area contributed by atoms with E-state index in [1.54, 1.807) is 18.9 Å². The molecule has 1 amide bonds. The number of hydrogen-bond donors (Lipinski definition) is 0. The largest absolute Gasteiger partial charge is 0.493 e. The Balaban J connectivity index is 1.90. The molecule has 1 fully saturated rings. The van der Waals surface area contributed by atoms with E-state index < -0.39 is 11.5 Å². The lowest BCUT2D eigenvalue weighted by Gasteiger charge is -2.28. The highest BCUT2D eigenvalue weighted by Crippen LogP contribution is 2.45. The summed E-state index contributed by atoms with van der Waals surface area (Å²) in [5, 5.41) is 0. The standard InChI is InChI=1S/C23H27NO5/c1-16(25)23(2)15-24(22(26)28-4)13-19(23)18-10-11-20(27-3)21(12-18)29-14-17-8-6-5-7-9-17/h5-12,19H,13-15H2,1-4H3/t19-,23-/m0/s1. The Morgan fingerprint density at radius 1 is 1.10 bits per heavy atom. The van der Waals surface area contributed by atoms with E-state index in [0.717, 1.165) is 11.1 Å². The average Bonchev–Trinajstić information content (AvgIpc) is 3.11. The van der Waals surface area contributed by atoms with Crippen LogP contribution < -0.4 is 9.47 Å². The molecule has 0 aromatic heterocycles. The van der Waals surface area contributed by atoms with E-state index in [4.69, 9.17) is 14.2 Å². The van der Waals surface area contributed by atoms with Crippen LogP contribution in [0.5, 0.6) is 11.5 Å². The summed E-state index contributed by atoms with van der Waals surface area (Å²) in [6, 6.07) is 15.6. The summed E-state index contributed by atoms with van der Waals surface area (Å²) in [6.45, 7) is 4.62. The molecule has 1 saturated heterocycles. The first-order valence-electron chi connectivity index (χ1n) is 9.57. The van der Waals surface area contributed by atoms with Crippen LogP contribution in [0.2, 0.25) is 0 Å². The fourth-order valence-corrected chi connectivity index (χ4v) is 3.85. The zero-order valence-electron chi connectivity index (χ0n) is 17.3. The third-order valence-electron chi connectivity index (χ3n) is 5.76. The topological polar surface area (TPSA) is 65.1 Å². The first-order chi connectivity index (χ1) is 13.9. The maximum Gasteiger partial charge on any atom is 0.409 e. The molecule has 2 aromatic carbocycles. The number of likely N-dealkylation sites (tertiary alicyclic amines) is 1. The number of carbonyl (C=O) groups excluding carboxylic acids is 2. The van der Waals surface area contributed by atoms with E-state index in [1.807, 2.05) is 55.5 Å². The zero-order chi connectivity index (χ0) is 21.0. The summed E-state index contributed by atoms with van der Waals surface area (Å²) >= 11 is 0. The molecule has 6 heteroatoms. The molecule has 2 atom stereocenters. The van der Waals surface area contributed by atoms with Gasteiger partial charge in [-0.3, -0.25) is 4.79 Å². The minimum atomic E-state index is -0.695. The van der Waals surface area contributed by atoms with Crippen LogP contribution in [-0.2, 0) is 16.1 Å². The highest BCUT2D eigenvalue weighted by Gasteiger charge is 2.49. The molecule has 154 valence electrons. The second-order valence-electron chi connectivity index (χ2n) is 7.56. The summed E-state index contributed by atoms with van der Waals surface area (Å²) in [5.74, 6) is 1.11. The molecule has 29 heavy (non-hydrogen) atoms. The number of amides is 1. The van der Waals surface area contributed by atoms with E-state index in [9.17, 15) is 9.59 Å². The SMILES string of the molecule is COC(=O)N1C[C@@H](c2ccc(OC)c(OCc3ccccc3)c2)[C@](C)(C(C)=O)C1. The normalized spacial score (nSPS) is 21.0. The van der Waals surface area contributed by atoms with Gasteiger partial charge in [0.2, 0.25) is 0 Å². The van der Waals surface area contributed by atoms with Crippen LogP contribution in [0.4, 0.5) is 4.79 Å². The Morgan fingerprint density at radius 3 is 2.45 bits per heavy atom. The van der Waals surface area contributed by atoms with Crippen molar-refractivity contribution in [2.75, 3.05) is 27.3 Å². The van der Waals surface area contributed by atoms with Gasteiger partial charge in [0.15, 0.2) is 11.5 Å². The highest BCUT2D eigenvalue weighted by molar-refractivity contribution is 5.85. The van der Waals surface area contributed by atoms with Crippen molar-refractivity contribution in [2.45, 2.75) is 26.4 Å². The second kappa shape index (κ2) is 8.55. The van der Waals surface area contributed by atoms with Crippen molar-refractivity contribution in [1.29, 1.82) is 0 Å². The molecule has 3 rings (SSSR count). The lowest BCUT2D eigenvalue weighted by molar-refractivity contribution is -0.125. The van der Waals surface area contributed by atoms with E-state index in [1.165, 1.54) is 7.11 Å². The summed E-state index contributed by atoms with van der Waals surface area (Å²) < 4.78 is 16.3. The van der Waals surface area contributed by atoms with Crippen molar-refractivity contribution in [3.63, 3.8) is 0 Å². The fourth-order valence-electron chi connectivity index (χ4n) is 3.85. The minimum Gasteiger partial charge on any atom is -0.493 e. The van der Waals surface area contributed by atoms with Gasteiger partial charge in [-0.2, -0.15) is 0 Å². The lowest BCUT2D eigenvalue weighted by Crippen LogP contribution is -2.35. The summed E-state index contributed by atoms with van der Waals surface area (Å²) in [5.41, 5.74) is 1.28. The van der Waals surface area contributed by atoms with E-state index in [2.05, 4.69) is 0 Å². The minimum absolute atomic E-state index is 0.0384. The molecule has 1 aliphatic heterocycles. The maximum absolute atomic E-state index is 12.5. The molecule has 0 saturated carbocycles. The van der Waals surface area contributed by atoms with Gasteiger partial charge < -0.3 is 19.1 Å². The number of hydrogen-bond acceptors (Lipinski definition) is 5. The van der Waals surface area contributed by atoms with Gasteiger partial charge in [-0.25, -0.2) is 4.79 Å². The Morgan fingerprint density at radius 2 is 1.83 bits per heavy atom. The van der Waals surface area contributed by atoms with E-state index in [-0.39, 0.29) is 11.7 Å².